The Morgan fingerprint density at radius 3 is 2.66 bits per heavy atom. The second-order valence-electron chi connectivity index (χ2n) is 6.34. The van der Waals surface area contributed by atoms with E-state index in [2.05, 4.69) is 0 Å². The Morgan fingerprint density at radius 1 is 1.21 bits per heavy atom. The van der Waals surface area contributed by atoms with Crippen LogP contribution in [0.25, 0.3) is 11.0 Å². The lowest BCUT2D eigenvalue weighted by molar-refractivity contribution is 0.310. The molecular formula is C21H22FN3O3S. The molecule has 0 aliphatic carbocycles. The van der Waals surface area contributed by atoms with E-state index in [1.807, 2.05) is 37.4 Å². The number of hydrogen-bond acceptors (Lipinski definition) is 5. The summed E-state index contributed by atoms with van der Waals surface area (Å²) >= 11 is 1.59. The Bertz CT molecular complexity index is 1120. The van der Waals surface area contributed by atoms with Crippen molar-refractivity contribution in [2.75, 3.05) is 25.7 Å². The van der Waals surface area contributed by atoms with Crippen LogP contribution in [0, 0.1) is 17.1 Å². The molecule has 0 spiro atoms. The quantitative estimate of drug-likeness (QED) is 0.559. The van der Waals surface area contributed by atoms with Gasteiger partial charge in [0.15, 0.2) is 11.5 Å². The molecule has 3 rings (SSSR count). The highest BCUT2D eigenvalue weighted by molar-refractivity contribution is 7.98. The van der Waals surface area contributed by atoms with Crippen molar-refractivity contribution in [3.05, 3.63) is 58.3 Å². The fraction of sp³-hybridized carbons (Fsp3) is 0.333. The van der Waals surface area contributed by atoms with E-state index in [0.717, 1.165) is 5.56 Å². The van der Waals surface area contributed by atoms with Crippen molar-refractivity contribution >= 4 is 22.8 Å². The zero-order valence-corrected chi connectivity index (χ0v) is 17.3. The van der Waals surface area contributed by atoms with Crippen LogP contribution >= 0.6 is 11.8 Å². The van der Waals surface area contributed by atoms with E-state index in [9.17, 15) is 9.18 Å². The third-order valence-electron chi connectivity index (χ3n) is 4.66. The van der Waals surface area contributed by atoms with Crippen molar-refractivity contribution in [1.29, 1.82) is 5.26 Å². The number of aromatic nitrogens is 2. The average Bonchev–Trinajstić information content (AvgIpc) is 2.98. The second kappa shape index (κ2) is 9.05. The van der Waals surface area contributed by atoms with Gasteiger partial charge in [0.1, 0.15) is 12.4 Å². The molecule has 0 fully saturated rings. The summed E-state index contributed by atoms with van der Waals surface area (Å²) < 4.78 is 27.8. The predicted molar refractivity (Wildman–Crippen MR) is 112 cm³/mol. The van der Waals surface area contributed by atoms with E-state index in [0.29, 0.717) is 34.9 Å². The molecule has 0 amide bonds. The number of methoxy groups -OCH3 is 1. The van der Waals surface area contributed by atoms with Crippen LogP contribution in [0.15, 0.2) is 41.2 Å². The van der Waals surface area contributed by atoms with Crippen LogP contribution < -0.4 is 15.2 Å². The molecule has 0 saturated heterocycles. The number of thioether (sulfide) groups is 1. The molecule has 0 N–H and O–H groups in total. The number of halogens is 1. The van der Waals surface area contributed by atoms with Crippen LogP contribution in [0.4, 0.5) is 4.39 Å². The van der Waals surface area contributed by atoms with Gasteiger partial charge in [-0.2, -0.15) is 17.0 Å². The maximum Gasteiger partial charge on any atom is 0.330 e. The number of benzene rings is 2. The SMILES string of the molecule is CCOc1cc(C(CSC)n2c(=O)n(CC#N)c3cc(F)ccc32)ccc1OC. The smallest absolute Gasteiger partial charge is 0.330 e. The van der Waals surface area contributed by atoms with Crippen molar-refractivity contribution in [1.82, 2.24) is 9.13 Å². The van der Waals surface area contributed by atoms with Gasteiger partial charge >= 0.3 is 5.69 Å². The molecule has 6 nitrogen and oxygen atoms in total. The summed E-state index contributed by atoms with van der Waals surface area (Å²) in [7, 11) is 1.57. The van der Waals surface area contributed by atoms with Crippen LogP contribution in [0.3, 0.4) is 0 Å². The Labute approximate surface area is 172 Å². The highest BCUT2D eigenvalue weighted by Gasteiger charge is 2.23. The van der Waals surface area contributed by atoms with Crippen molar-refractivity contribution in [3.8, 4) is 17.6 Å². The lowest BCUT2D eigenvalue weighted by Crippen LogP contribution is -2.29. The van der Waals surface area contributed by atoms with Crippen LogP contribution in [-0.2, 0) is 6.54 Å². The summed E-state index contributed by atoms with van der Waals surface area (Å²) in [4.78, 5) is 13.2. The van der Waals surface area contributed by atoms with Gasteiger partial charge in [0.25, 0.3) is 0 Å². The summed E-state index contributed by atoms with van der Waals surface area (Å²) in [6.45, 7) is 2.22. The summed E-state index contributed by atoms with van der Waals surface area (Å²) in [6.07, 6.45) is 1.96. The fourth-order valence-electron chi connectivity index (χ4n) is 3.42. The van der Waals surface area contributed by atoms with E-state index in [4.69, 9.17) is 14.7 Å². The molecule has 0 aliphatic rings. The Hall–Kier alpha value is -2.92. The highest BCUT2D eigenvalue weighted by atomic mass is 32.2. The maximum absolute atomic E-state index is 13.8. The standard InChI is InChI=1S/C21H22FN3O3S/c1-4-28-20-11-14(5-8-19(20)27-2)18(13-29-3)25-16-7-6-15(22)12-17(16)24(10-9-23)21(25)26/h5-8,11-12,18H,4,10,13H2,1-3H3. The molecule has 1 atom stereocenters. The number of rotatable bonds is 8. The molecule has 1 heterocycles. The topological polar surface area (TPSA) is 69.2 Å². The summed E-state index contributed by atoms with van der Waals surface area (Å²) in [5.74, 6) is 1.37. The molecule has 0 saturated carbocycles. The van der Waals surface area contributed by atoms with E-state index in [1.165, 1.54) is 16.7 Å². The zero-order valence-electron chi connectivity index (χ0n) is 16.5. The third-order valence-corrected chi connectivity index (χ3v) is 5.31. The zero-order chi connectivity index (χ0) is 21.0. The third kappa shape index (κ3) is 3.96. The van der Waals surface area contributed by atoms with Gasteiger partial charge in [-0.15, -0.1) is 0 Å². The van der Waals surface area contributed by atoms with Crippen molar-refractivity contribution in [2.45, 2.75) is 19.5 Å². The average molecular weight is 415 g/mol. The first kappa shape index (κ1) is 20.8. The van der Waals surface area contributed by atoms with Gasteiger partial charge in [0, 0.05) is 5.75 Å². The van der Waals surface area contributed by atoms with Gasteiger partial charge in [0.2, 0.25) is 0 Å². The van der Waals surface area contributed by atoms with Crippen molar-refractivity contribution in [2.24, 2.45) is 0 Å². The van der Waals surface area contributed by atoms with Crippen LogP contribution in [0.2, 0.25) is 0 Å². The maximum atomic E-state index is 13.8. The number of nitriles is 1. The van der Waals surface area contributed by atoms with E-state index >= 15 is 0 Å². The first-order valence-corrected chi connectivity index (χ1v) is 10.5. The minimum Gasteiger partial charge on any atom is -0.493 e. The first-order chi connectivity index (χ1) is 14.0. The summed E-state index contributed by atoms with van der Waals surface area (Å²) in [5.41, 5.74) is 1.51. The normalized spacial score (nSPS) is 12.0. The van der Waals surface area contributed by atoms with Gasteiger partial charge in [-0.3, -0.25) is 9.13 Å². The van der Waals surface area contributed by atoms with E-state index in [-0.39, 0.29) is 18.3 Å². The fourth-order valence-corrected chi connectivity index (χ4v) is 4.08. The molecule has 0 bridgehead atoms. The van der Waals surface area contributed by atoms with Crippen molar-refractivity contribution < 1.29 is 13.9 Å². The Morgan fingerprint density at radius 2 is 2.00 bits per heavy atom. The van der Waals surface area contributed by atoms with E-state index in [1.54, 1.807) is 29.5 Å². The minimum atomic E-state index is -0.453. The van der Waals surface area contributed by atoms with Gasteiger partial charge < -0.3 is 9.47 Å². The van der Waals surface area contributed by atoms with Gasteiger partial charge in [-0.05, 0) is 49.1 Å². The number of imidazole rings is 1. The van der Waals surface area contributed by atoms with Gasteiger partial charge in [0.05, 0.1) is 36.9 Å². The van der Waals surface area contributed by atoms with Crippen LogP contribution in [0.1, 0.15) is 18.5 Å². The molecule has 29 heavy (non-hydrogen) atoms. The number of nitrogens with zero attached hydrogens (tertiary/aromatic N) is 3. The summed E-state index contributed by atoms with van der Waals surface area (Å²) in [5, 5.41) is 9.15. The van der Waals surface area contributed by atoms with Crippen LogP contribution in [-0.4, -0.2) is 34.9 Å². The largest absolute Gasteiger partial charge is 0.493 e. The summed E-state index contributed by atoms with van der Waals surface area (Å²) in [6, 6.07) is 11.4. The molecular weight excluding hydrogens is 393 g/mol. The van der Waals surface area contributed by atoms with Gasteiger partial charge in [-0.1, -0.05) is 6.07 Å². The monoisotopic (exact) mass is 415 g/mol. The molecule has 1 aromatic heterocycles. The molecule has 8 heteroatoms. The molecule has 1 unspecified atom stereocenters. The minimum absolute atomic E-state index is 0.148. The predicted octanol–water partition coefficient (Wildman–Crippen LogP) is 3.83. The highest BCUT2D eigenvalue weighted by Crippen LogP contribution is 2.33. The lowest BCUT2D eigenvalue weighted by atomic mass is 10.1. The first-order valence-electron chi connectivity index (χ1n) is 9.12. The number of ether oxygens (including phenoxy) is 2. The van der Waals surface area contributed by atoms with Crippen LogP contribution in [0.5, 0.6) is 11.5 Å². The van der Waals surface area contributed by atoms with Gasteiger partial charge in [-0.25, -0.2) is 9.18 Å². The van der Waals surface area contributed by atoms with E-state index < -0.39 is 5.82 Å². The molecule has 152 valence electrons. The van der Waals surface area contributed by atoms with Crippen molar-refractivity contribution in [3.63, 3.8) is 0 Å². The molecule has 2 aromatic carbocycles. The second-order valence-corrected chi connectivity index (χ2v) is 7.26. The Balaban J connectivity index is 2.24. The number of fused-ring (bicyclic) bond motifs is 1. The molecule has 0 radical (unpaired) electrons. The molecule has 0 aliphatic heterocycles. The Kier molecular flexibility index (Phi) is 6.49. The lowest BCUT2D eigenvalue weighted by Gasteiger charge is -2.20. The number of hydrogen-bond donors (Lipinski definition) is 0. The molecule has 3 aromatic rings.